The number of rotatable bonds is 7. The zero-order chi connectivity index (χ0) is 31.8. The van der Waals surface area contributed by atoms with Crippen LogP contribution in [0.3, 0.4) is 0 Å². The number of H-pyrrole nitrogens is 2. The van der Waals surface area contributed by atoms with Crippen LogP contribution in [0.2, 0.25) is 0 Å². The second-order valence-electron chi connectivity index (χ2n) is 10.8. The number of aromatic nitrogens is 4. The van der Waals surface area contributed by atoms with Gasteiger partial charge >= 0.3 is 11.9 Å². The van der Waals surface area contributed by atoms with Crippen molar-refractivity contribution >= 4 is 64.2 Å². The first-order chi connectivity index (χ1) is 21.0. The Kier molecular flexibility index (Phi) is 8.01. The van der Waals surface area contributed by atoms with Crippen molar-refractivity contribution in [1.82, 2.24) is 24.8 Å². The summed E-state index contributed by atoms with van der Waals surface area (Å²) in [5.74, 6) is -1.56. The molecule has 0 unspecified atom stereocenters. The molecule has 2 aliphatic heterocycles. The highest BCUT2D eigenvalue weighted by Gasteiger charge is 2.31. The molecule has 8 bridgehead atoms. The number of hydrogen-bond acceptors (Lipinski definition) is 9. The quantitative estimate of drug-likeness (QED) is 0.178. The first kappa shape index (κ1) is 30.1. The average Bonchev–Trinajstić information content (AvgIpc) is 3.79. The lowest BCUT2D eigenvalue weighted by Crippen LogP contribution is -2.22. The Labute approximate surface area is 252 Å². The number of fused-ring (bicyclic) bond motifs is 8. The van der Waals surface area contributed by atoms with Crippen LogP contribution < -0.4 is 0 Å². The number of hydrogen-bond donors (Lipinski definition) is 2. The van der Waals surface area contributed by atoms with Crippen molar-refractivity contribution in [2.75, 3.05) is 27.3 Å². The third-order valence-electron chi connectivity index (χ3n) is 7.17. The Morgan fingerprint density at radius 3 is 1.48 bits per heavy atom. The van der Waals surface area contributed by atoms with Crippen molar-refractivity contribution in [2.45, 2.75) is 33.2 Å². The van der Waals surface area contributed by atoms with Crippen LogP contribution in [0.25, 0.3) is 46.4 Å². The summed E-state index contributed by atoms with van der Waals surface area (Å²) < 4.78 is 10.8. The van der Waals surface area contributed by atoms with Gasteiger partial charge in [0.15, 0.2) is 0 Å². The van der Waals surface area contributed by atoms with Crippen LogP contribution in [-0.4, -0.2) is 70.0 Å². The maximum atomic E-state index is 13.5. The maximum Gasteiger partial charge on any atom is 0.342 e. The molecule has 226 valence electrons. The predicted octanol–water partition coefficient (Wildman–Crippen LogP) is 5.71. The van der Waals surface area contributed by atoms with Crippen LogP contribution in [0.4, 0.5) is 0 Å². The van der Waals surface area contributed by atoms with Crippen LogP contribution in [0.5, 0.6) is 0 Å². The summed E-state index contributed by atoms with van der Waals surface area (Å²) in [5, 5.41) is 3.35. The molecule has 0 radical (unpaired) electrons. The molecule has 44 heavy (non-hydrogen) atoms. The Morgan fingerprint density at radius 2 is 1.11 bits per heavy atom. The Morgan fingerprint density at radius 1 is 0.727 bits per heavy atom. The number of amides is 1. The maximum absolute atomic E-state index is 13.5. The molecule has 0 spiro atoms. The molecule has 0 atom stereocenters. The number of nitroso groups, excluding NO2 is 1. The predicted molar refractivity (Wildman–Crippen MR) is 168 cm³/mol. The number of carbonyl (C=O) groups excluding carboxylic acids is 3. The van der Waals surface area contributed by atoms with Crippen LogP contribution >= 0.6 is 0 Å². The van der Waals surface area contributed by atoms with E-state index >= 15 is 0 Å². The Hall–Kier alpha value is -5.39. The molecule has 5 heterocycles. The lowest BCUT2D eigenvalue weighted by molar-refractivity contribution is 0.0518. The normalized spacial score (nSPS) is 12.2. The molecular weight excluding hydrogens is 564 g/mol. The van der Waals surface area contributed by atoms with E-state index in [9.17, 15) is 19.3 Å². The molecule has 0 fully saturated rings. The van der Waals surface area contributed by atoms with Gasteiger partial charge in [-0.1, -0.05) is 5.18 Å². The Bertz CT molecular complexity index is 1810. The summed E-state index contributed by atoms with van der Waals surface area (Å²) >= 11 is 0. The van der Waals surface area contributed by atoms with E-state index in [2.05, 4.69) is 15.1 Å². The SMILES string of the molecule is CCOC(=O)c1c2nc(c(C(C)(C)N=O)c3nc(c(C(=O)OCC)c4ccc([nH]4)c(C(=O)N(C)C)c4ccc1[nH]4)C=C3)C=C2. The van der Waals surface area contributed by atoms with Crippen molar-refractivity contribution in [3.8, 4) is 0 Å². The van der Waals surface area contributed by atoms with E-state index in [0.29, 0.717) is 39.0 Å². The molecule has 0 saturated carbocycles. The molecule has 0 aliphatic carbocycles. The zero-order valence-corrected chi connectivity index (χ0v) is 25.3. The molecule has 12 heteroatoms. The minimum atomic E-state index is -1.29. The van der Waals surface area contributed by atoms with E-state index in [-0.39, 0.29) is 47.2 Å². The van der Waals surface area contributed by atoms with E-state index in [4.69, 9.17) is 19.4 Å². The number of nitrogens with one attached hydrogen (secondary N) is 2. The first-order valence-electron chi connectivity index (χ1n) is 14.1. The van der Waals surface area contributed by atoms with Gasteiger partial charge in [0.2, 0.25) is 0 Å². The average molecular weight is 597 g/mol. The minimum absolute atomic E-state index is 0.129. The second-order valence-corrected chi connectivity index (χ2v) is 10.8. The van der Waals surface area contributed by atoms with Crippen LogP contribution in [0.1, 0.15) is 87.1 Å². The van der Waals surface area contributed by atoms with E-state index in [1.54, 1.807) is 90.4 Å². The zero-order valence-electron chi connectivity index (χ0n) is 25.3. The number of esters is 2. The number of carbonyl (C=O) groups is 3. The molecule has 3 aromatic heterocycles. The molecule has 2 aliphatic rings. The van der Waals surface area contributed by atoms with Gasteiger partial charge in [-0.25, -0.2) is 19.6 Å². The molecule has 12 nitrogen and oxygen atoms in total. The fourth-order valence-corrected chi connectivity index (χ4v) is 5.17. The van der Waals surface area contributed by atoms with E-state index in [0.717, 1.165) is 0 Å². The third-order valence-corrected chi connectivity index (χ3v) is 7.17. The van der Waals surface area contributed by atoms with Crippen molar-refractivity contribution in [3.63, 3.8) is 0 Å². The largest absolute Gasteiger partial charge is 0.462 e. The van der Waals surface area contributed by atoms with E-state index < -0.39 is 17.5 Å². The van der Waals surface area contributed by atoms with Crippen molar-refractivity contribution in [2.24, 2.45) is 5.18 Å². The van der Waals surface area contributed by atoms with Gasteiger partial charge in [0, 0.05) is 19.7 Å². The van der Waals surface area contributed by atoms with Gasteiger partial charge in [-0.05, 0) is 76.3 Å². The molecule has 0 saturated heterocycles. The molecule has 0 aromatic carbocycles. The summed E-state index contributed by atoms with van der Waals surface area (Å²) in [6.45, 7) is 6.93. The van der Waals surface area contributed by atoms with Crippen LogP contribution in [0.15, 0.2) is 29.4 Å². The standard InChI is InChI=1S/C32H32N6O6/c1-7-43-30(40)26-19-11-9-17(33-19)25(29(39)38(5)6)18-10-12-20(34-18)27(31(41)44-8-2)22-14-16-24(36-22)28(32(3,4)37-42)23-15-13-21(26)35-23/h9-16,33-34H,7-8H2,1-6H3. The monoisotopic (exact) mass is 596 g/mol. The molecular formula is C32H32N6O6. The van der Waals surface area contributed by atoms with E-state index in [1.165, 1.54) is 4.90 Å². The fourth-order valence-electron chi connectivity index (χ4n) is 5.17. The van der Waals surface area contributed by atoms with Gasteiger partial charge in [-0.2, -0.15) is 0 Å². The minimum Gasteiger partial charge on any atom is -0.462 e. The highest BCUT2D eigenvalue weighted by Crippen LogP contribution is 2.35. The van der Waals surface area contributed by atoms with Gasteiger partial charge < -0.3 is 24.3 Å². The van der Waals surface area contributed by atoms with Crippen molar-refractivity contribution < 1.29 is 23.9 Å². The summed E-state index contributed by atoms with van der Waals surface area (Å²) in [6, 6.07) is 6.71. The fraction of sp³-hybridized carbons (Fsp3) is 0.281. The van der Waals surface area contributed by atoms with E-state index in [1.807, 2.05) is 0 Å². The molecule has 2 N–H and O–H groups in total. The van der Waals surface area contributed by atoms with Gasteiger partial charge in [-0.3, -0.25) is 4.79 Å². The highest BCUT2D eigenvalue weighted by atomic mass is 16.5. The van der Waals surface area contributed by atoms with Gasteiger partial charge in [0.1, 0.15) is 16.7 Å². The summed E-state index contributed by atoms with van der Waals surface area (Å²) in [6.07, 6.45) is 6.64. The van der Waals surface area contributed by atoms with Gasteiger partial charge in [0.05, 0.1) is 63.6 Å². The number of ether oxygens (including phenoxy) is 2. The smallest absolute Gasteiger partial charge is 0.342 e. The topological polar surface area (TPSA) is 160 Å². The highest BCUT2D eigenvalue weighted by molar-refractivity contribution is 6.09. The molecule has 3 aromatic rings. The van der Waals surface area contributed by atoms with Crippen molar-refractivity contribution in [3.05, 3.63) is 74.2 Å². The van der Waals surface area contributed by atoms with Gasteiger partial charge in [0.25, 0.3) is 5.91 Å². The molecule has 1 amide bonds. The summed E-state index contributed by atoms with van der Waals surface area (Å²) in [7, 11) is 3.26. The summed E-state index contributed by atoms with van der Waals surface area (Å²) in [5.41, 5.74) is 2.54. The van der Waals surface area contributed by atoms with Crippen molar-refractivity contribution in [1.29, 1.82) is 0 Å². The third kappa shape index (κ3) is 5.30. The lowest BCUT2D eigenvalue weighted by Gasteiger charge is -2.17. The second kappa shape index (κ2) is 11.7. The first-order valence-corrected chi connectivity index (χ1v) is 14.1. The molecule has 5 rings (SSSR count). The Balaban J connectivity index is 2.05. The van der Waals surface area contributed by atoms with Crippen LogP contribution in [-0.2, 0) is 15.0 Å². The lowest BCUT2D eigenvalue weighted by atomic mass is 9.92. The van der Waals surface area contributed by atoms with Crippen LogP contribution in [0, 0.1) is 4.91 Å². The number of aromatic amines is 2. The summed E-state index contributed by atoms with van der Waals surface area (Å²) in [4.78, 5) is 69.6. The number of nitrogens with zero attached hydrogens (tertiary/aromatic N) is 4. The van der Waals surface area contributed by atoms with Gasteiger partial charge in [-0.15, -0.1) is 4.91 Å².